The van der Waals surface area contributed by atoms with E-state index >= 15 is 0 Å². The Labute approximate surface area is 81.4 Å². The minimum Gasteiger partial charge on any atom is -0.508 e. The number of aromatic amines is 1. The van der Waals surface area contributed by atoms with Crippen LogP contribution in [0.2, 0.25) is 0 Å². The van der Waals surface area contributed by atoms with Gasteiger partial charge in [0.05, 0.1) is 0 Å². The van der Waals surface area contributed by atoms with Gasteiger partial charge in [-0.2, -0.15) is 0 Å². The maximum atomic E-state index is 13.7. The lowest BCUT2D eigenvalue weighted by atomic mass is 10.00. The van der Waals surface area contributed by atoms with Gasteiger partial charge in [0.1, 0.15) is 11.4 Å². The number of benzene rings is 1. The molecule has 0 radical (unpaired) electrons. The lowest BCUT2D eigenvalue weighted by Gasteiger charge is -2.12. The molecule has 2 N–H and O–H groups in total. The van der Waals surface area contributed by atoms with Gasteiger partial charge in [0.25, 0.3) is 0 Å². The van der Waals surface area contributed by atoms with E-state index in [1.165, 1.54) is 13.8 Å². The zero-order chi connectivity index (χ0) is 10.3. The number of phenols is 1. The molecule has 2 rings (SSSR count). The number of rotatable bonds is 1. The molecule has 0 saturated heterocycles. The predicted octanol–water partition coefficient (Wildman–Crippen LogP) is 3.08. The molecular weight excluding hydrogens is 181 g/mol. The summed E-state index contributed by atoms with van der Waals surface area (Å²) in [5, 5.41) is 10.0. The Morgan fingerprint density at radius 1 is 1.36 bits per heavy atom. The van der Waals surface area contributed by atoms with Gasteiger partial charge in [0, 0.05) is 22.7 Å². The van der Waals surface area contributed by atoms with E-state index in [1.807, 2.05) is 0 Å². The van der Waals surface area contributed by atoms with Crippen molar-refractivity contribution in [3.63, 3.8) is 0 Å². The van der Waals surface area contributed by atoms with Crippen LogP contribution in [-0.4, -0.2) is 10.1 Å². The molecule has 14 heavy (non-hydrogen) atoms. The lowest BCUT2D eigenvalue weighted by molar-refractivity contribution is 0.224. The van der Waals surface area contributed by atoms with Crippen LogP contribution in [0.15, 0.2) is 24.4 Å². The number of halogens is 1. The maximum absolute atomic E-state index is 13.7. The molecule has 1 aromatic heterocycles. The van der Waals surface area contributed by atoms with Crippen molar-refractivity contribution in [1.29, 1.82) is 0 Å². The van der Waals surface area contributed by atoms with Crippen LogP contribution in [0.1, 0.15) is 19.4 Å². The van der Waals surface area contributed by atoms with Crippen molar-refractivity contribution in [2.45, 2.75) is 19.5 Å². The van der Waals surface area contributed by atoms with Crippen molar-refractivity contribution in [3.8, 4) is 5.75 Å². The zero-order valence-electron chi connectivity index (χ0n) is 8.13. The molecule has 1 aromatic carbocycles. The van der Waals surface area contributed by atoms with E-state index in [0.717, 1.165) is 10.9 Å². The molecule has 0 aliphatic rings. The smallest absolute Gasteiger partial charge is 0.132 e. The van der Waals surface area contributed by atoms with Crippen LogP contribution in [0.5, 0.6) is 5.75 Å². The predicted molar refractivity (Wildman–Crippen MR) is 54.1 cm³/mol. The minimum atomic E-state index is -1.40. The number of hydrogen-bond acceptors (Lipinski definition) is 1. The maximum Gasteiger partial charge on any atom is 0.132 e. The highest BCUT2D eigenvalue weighted by Gasteiger charge is 2.22. The highest BCUT2D eigenvalue weighted by molar-refractivity contribution is 5.85. The van der Waals surface area contributed by atoms with Crippen LogP contribution in [0, 0.1) is 0 Å². The van der Waals surface area contributed by atoms with Crippen LogP contribution in [0.25, 0.3) is 10.9 Å². The monoisotopic (exact) mass is 193 g/mol. The Kier molecular flexibility index (Phi) is 1.77. The summed E-state index contributed by atoms with van der Waals surface area (Å²) >= 11 is 0. The van der Waals surface area contributed by atoms with Crippen molar-refractivity contribution >= 4 is 10.9 Å². The van der Waals surface area contributed by atoms with Gasteiger partial charge in [-0.25, -0.2) is 4.39 Å². The Morgan fingerprint density at radius 2 is 2.07 bits per heavy atom. The number of H-pyrrole nitrogens is 1. The van der Waals surface area contributed by atoms with Crippen molar-refractivity contribution in [1.82, 2.24) is 4.98 Å². The Balaban J connectivity index is 2.73. The molecule has 1 heterocycles. The molecule has 0 atom stereocenters. The van der Waals surface area contributed by atoms with Gasteiger partial charge in [-0.3, -0.25) is 0 Å². The number of alkyl halides is 1. The summed E-state index contributed by atoms with van der Waals surface area (Å²) in [6.45, 7) is 3.00. The second-order valence-electron chi connectivity index (χ2n) is 3.90. The van der Waals surface area contributed by atoms with Crippen molar-refractivity contribution < 1.29 is 9.50 Å². The Bertz CT molecular complexity index is 468. The molecule has 0 aliphatic carbocycles. The molecule has 0 bridgehead atoms. The number of aromatic hydroxyl groups is 1. The molecule has 0 spiro atoms. The first-order valence-corrected chi connectivity index (χ1v) is 4.48. The average molecular weight is 193 g/mol. The standard InChI is InChI=1S/C11H12FNO/c1-11(2,12)9-6-13-10-4-3-7(14)5-8(9)10/h3-6,13-14H,1-2H3. The van der Waals surface area contributed by atoms with Gasteiger partial charge in [0.2, 0.25) is 0 Å². The molecule has 3 heteroatoms. The van der Waals surface area contributed by atoms with E-state index in [9.17, 15) is 9.50 Å². The van der Waals surface area contributed by atoms with Crippen molar-refractivity contribution in [3.05, 3.63) is 30.0 Å². The molecule has 0 fully saturated rings. The van der Waals surface area contributed by atoms with Crippen molar-refractivity contribution in [2.24, 2.45) is 0 Å². The van der Waals surface area contributed by atoms with E-state index in [2.05, 4.69) is 4.98 Å². The fourth-order valence-electron chi connectivity index (χ4n) is 1.60. The second-order valence-corrected chi connectivity index (χ2v) is 3.90. The van der Waals surface area contributed by atoms with E-state index in [1.54, 1.807) is 24.4 Å². The van der Waals surface area contributed by atoms with Gasteiger partial charge >= 0.3 is 0 Å². The number of fused-ring (bicyclic) bond motifs is 1. The highest BCUT2D eigenvalue weighted by Crippen LogP contribution is 2.32. The number of phenolic OH excluding ortho intramolecular Hbond substituents is 1. The fraction of sp³-hybridized carbons (Fsp3) is 0.273. The summed E-state index contributed by atoms with van der Waals surface area (Å²) in [6.07, 6.45) is 1.64. The first-order valence-electron chi connectivity index (χ1n) is 4.48. The third kappa shape index (κ3) is 1.35. The van der Waals surface area contributed by atoms with Gasteiger partial charge < -0.3 is 10.1 Å². The van der Waals surface area contributed by atoms with E-state index < -0.39 is 5.67 Å². The Morgan fingerprint density at radius 3 is 2.71 bits per heavy atom. The van der Waals surface area contributed by atoms with Crippen LogP contribution in [0.4, 0.5) is 4.39 Å². The first kappa shape index (κ1) is 9.06. The summed E-state index contributed by atoms with van der Waals surface area (Å²) in [5.41, 5.74) is 0.0124. The van der Waals surface area contributed by atoms with Gasteiger partial charge in [-0.15, -0.1) is 0 Å². The van der Waals surface area contributed by atoms with Crippen LogP contribution in [0.3, 0.4) is 0 Å². The molecule has 2 aromatic rings. The lowest BCUT2D eigenvalue weighted by Crippen LogP contribution is -2.07. The zero-order valence-corrected chi connectivity index (χ0v) is 8.13. The summed E-state index contributed by atoms with van der Waals surface area (Å²) in [7, 11) is 0. The topological polar surface area (TPSA) is 36.0 Å². The Hall–Kier alpha value is -1.51. The number of nitrogens with one attached hydrogen (secondary N) is 1. The van der Waals surface area contributed by atoms with Crippen LogP contribution < -0.4 is 0 Å². The normalized spacial score (nSPS) is 12.2. The second kappa shape index (κ2) is 2.74. The average Bonchev–Trinajstić information content (AvgIpc) is 2.45. The van der Waals surface area contributed by atoms with Gasteiger partial charge in [0.15, 0.2) is 0 Å². The van der Waals surface area contributed by atoms with Gasteiger partial charge in [-0.05, 0) is 32.0 Å². The quantitative estimate of drug-likeness (QED) is 0.717. The molecule has 2 nitrogen and oxygen atoms in total. The summed E-state index contributed by atoms with van der Waals surface area (Å²) in [4.78, 5) is 2.97. The van der Waals surface area contributed by atoms with E-state index in [0.29, 0.717) is 5.56 Å². The third-order valence-electron chi connectivity index (χ3n) is 2.31. The SMILES string of the molecule is CC(C)(F)c1c[nH]c2ccc(O)cc12. The van der Waals surface area contributed by atoms with Gasteiger partial charge in [-0.1, -0.05) is 0 Å². The molecule has 0 saturated carbocycles. The highest BCUT2D eigenvalue weighted by atomic mass is 19.1. The summed E-state index contributed by atoms with van der Waals surface area (Å²) < 4.78 is 13.7. The van der Waals surface area contributed by atoms with E-state index in [-0.39, 0.29) is 5.75 Å². The molecular formula is C11H12FNO. The summed E-state index contributed by atoms with van der Waals surface area (Å²) in [5.74, 6) is 0.155. The van der Waals surface area contributed by atoms with E-state index in [4.69, 9.17) is 0 Å². The number of aromatic nitrogens is 1. The van der Waals surface area contributed by atoms with Crippen molar-refractivity contribution in [2.75, 3.05) is 0 Å². The minimum absolute atomic E-state index is 0.155. The fourth-order valence-corrected chi connectivity index (χ4v) is 1.60. The molecule has 0 unspecified atom stereocenters. The first-order chi connectivity index (χ1) is 6.48. The summed E-state index contributed by atoms with van der Waals surface area (Å²) in [6, 6.07) is 4.89. The third-order valence-corrected chi connectivity index (χ3v) is 2.31. The van der Waals surface area contributed by atoms with Crippen LogP contribution >= 0.6 is 0 Å². The van der Waals surface area contributed by atoms with Crippen LogP contribution in [-0.2, 0) is 5.67 Å². The number of hydrogen-bond donors (Lipinski definition) is 2. The largest absolute Gasteiger partial charge is 0.508 e. The molecule has 74 valence electrons. The molecule has 0 aliphatic heterocycles. The molecule has 0 amide bonds.